The standard InChI is InChI=1S/C19H21NO7S/c21-15(13-2-4-16-18(10-13)27-9-8-26-16)12-20-28(22,23)14-3-5-17-19(11-14)25-7-1-6-24-17/h2-5,10-11,15,20-21H,1,6-9,12H2. The normalized spacial score (nSPS) is 16.9. The molecule has 150 valence electrons. The molecule has 0 radical (unpaired) electrons. The van der Waals surface area contributed by atoms with Crippen LogP contribution in [0.3, 0.4) is 0 Å². The minimum Gasteiger partial charge on any atom is -0.490 e. The number of nitrogens with one attached hydrogen (secondary N) is 1. The molecule has 0 aliphatic carbocycles. The van der Waals surface area contributed by atoms with E-state index in [1.165, 1.54) is 12.1 Å². The van der Waals surface area contributed by atoms with Gasteiger partial charge in [0, 0.05) is 19.0 Å². The molecule has 0 aromatic heterocycles. The van der Waals surface area contributed by atoms with Crippen molar-refractivity contribution in [2.45, 2.75) is 17.4 Å². The topological polar surface area (TPSA) is 103 Å². The van der Waals surface area contributed by atoms with Crippen LogP contribution in [-0.4, -0.2) is 46.5 Å². The third kappa shape index (κ3) is 4.01. The second-order valence-electron chi connectivity index (χ2n) is 6.43. The molecule has 9 heteroatoms. The van der Waals surface area contributed by atoms with Gasteiger partial charge < -0.3 is 24.1 Å². The van der Waals surface area contributed by atoms with Crippen LogP contribution in [0.5, 0.6) is 23.0 Å². The quantitative estimate of drug-likeness (QED) is 0.776. The summed E-state index contributed by atoms with van der Waals surface area (Å²) in [7, 11) is -3.83. The van der Waals surface area contributed by atoms with E-state index < -0.39 is 16.1 Å². The fourth-order valence-electron chi connectivity index (χ4n) is 2.97. The Morgan fingerprint density at radius 2 is 1.46 bits per heavy atom. The van der Waals surface area contributed by atoms with E-state index in [1.807, 2.05) is 0 Å². The largest absolute Gasteiger partial charge is 0.490 e. The summed E-state index contributed by atoms with van der Waals surface area (Å²) in [6.45, 7) is 1.72. The van der Waals surface area contributed by atoms with Gasteiger partial charge in [0.15, 0.2) is 23.0 Å². The Morgan fingerprint density at radius 1 is 0.857 bits per heavy atom. The number of hydrogen-bond donors (Lipinski definition) is 2. The highest BCUT2D eigenvalue weighted by molar-refractivity contribution is 7.89. The zero-order chi connectivity index (χ0) is 19.6. The van der Waals surface area contributed by atoms with Crippen molar-refractivity contribution in [2.24, 2.45) is 0 Å². The molecule has 2 aromatic rings. The van der Waals surface area contributed by atoms with Gasteiger partial charge in [-0.25, -0.2) is 13.1 Å². The average molecular weight is 407 g/mol. The molecule has 0 saturated carbocycles. The summed E-state index contributed by atoms with van der Waals surface area (Å²) in [5, 5.41) is 10.4. The summed E-state index contributed by atoms with van der Waals surface area (Å²) in [5.74, 6) is 2.06. The molecular weight excluding hydrogens is 386 g/mol. The smallest absolute Gasteiger partial charge is 0.240 e. The lowest BCUT2D eigenvalue weighted by molar-refractivity contribution is 0.165. The lowest BCUT2D eigenvalue weighted by Gasteiger charge is -2.20. The van der Waals surface area contributed by atoms with Gasteiger partial charge in [0.05, 0.1) is 24.2 Å². The predicted molar refractivity (Wildman–Crippen MR) is 99.6 cm³/mol. The van der Waals surface area contributed by atoms with Crippen molar-refractivity contribution in [1.82, 2.24) is 4.72 Å². The van der Waals surface area contributed by atoms with Crippen LogP contribution in [0.25, 0.3) is 0 Å². The summed E-state index contributed by atoms with van der Waals surface area (Å²) in [4.78, 5) is 0.0473. The molecule has 0 spiro atoms. The fraction of sp³-hybridized carbons (Fsp3) is 0.368. The molecule has 1 atom stereocenters. The van der Waals surface area contributed by atoms with Gasteiger partial charge in [0.1, 0.15) is 13.2 Å². The molecule has 8 nitrogen and oxygen atoms in total. The summed E-state index contributed by atoms with van der Waals surface area (Å²) >= 11 is 0. The summed E-state index contributed by atoms with van der Waals surface area (Å²) in [6.07, 6.45) is -0.303. The number of ether oxygens (including phenoxy) is 4. The van der Waals surface area contributed by atoms with Gasteiger partial charge in [0.25, 0.3) is 0 Å². The molecule has 0 amide bonds. The Balaban J connectivity index is 1.45. The van der Waals surface area contributed by atoms with Gasteiger partial charge in [0.2, 0.25) is 10.0 Å². The first kappa shape index (κ1) is 18.9. The monoisotopic (exact) mass is 407 g/mol. The van der Waals surface area contributed by atoms with Crippen molar-refractivity contribution in [1.29, 1.82) is 0 Å². The third-order valence-corrected chi connectivity index (χ3v) is 5.87. The van der Waals surface area contributed by atoms with E-state index in [0.717, 1.165) is 6.42 Å². The van der Waals surface area contributed by atoms with Gasteiger partial charge >= 0.3 is 0 Å². The van der Waals surface area contributed by atoms with Gasteiger partial charge in [-0.05, 0) is 29.8 Å². The minimum absolute atomic E-state index is 0.0473. The molecule has 0 bridgehead atoms. The third-order valence-electron chi connectivity index (χ3n) is 4.45. The van der Waals surface area contributed by atoms with Crippen molar-refractivity contribution in [2.75, 3.05) is 33.0 Å². The number of hydrogen-bond acceptors (Lipinski definition) is 7. The molecule has 4 rings (SSSR count). The lowest BCUT2D eigenvalue weighted by Crippen LogP contribution is -2.28. The van der Waals surface area contributed by atoms with Crippen LogP contribution < -0.4 is 23.7 Å². The summed E-state index contributed by atoms with van der Waals surface area (Å²) < 4.78 is 49.6. The number of benzene rings is 2. The van der Waals surface area contributed by atoms with Crippen LogP contribution in [-0.2, 0) is 10.0 Å². The number of aliphatic hydroxyl groups excluding tert-OH is 1. The first-order chi connectivity index (χ1) is 13.5. The van der Waals surface area contributed by atoms with Crippen LogP contribution >= 0.6 is 0 Å². The molecule has 2 aromatic carbocycles. The zero-order valence-corrected chi connectivity index (χ0v) is 15.9. The lowest BCUT2D eigenvalue weighted by atomic mass is 10.1. The van der Waals surface area contributed by atoms with Crippen molar-refractivity contribution in [3.63, 3.8) is 0 Å². The van der Waals surface area contributed by atoms with Crippen LogP contribution in [0.15, 0.2) is 41.3 Å². The molecule has 1 unspecified atom stereocenters. The Labute approximate surface area is 163 Å². The van der Waals surface area contributed by atoms with Crippen molar-refractivity contribution in [3.8, 4) is 23.0 Å². The van der Waals surface area contributed by atoms with Gasteiger partial charge in [-0.2, -0.15) is 0 Å². The van der Waals surface area contributed by atoms with Crippen LogP contribution in [0.4, 0.5) is 0 Å². The van der Waals surface area contributed by atoms with E-state index in [9.17, 15) is 13.5 Å². The van der Waals surface area contributed by atoms with Gasteiger partial charge in [-0.3, -0.25) is 0 Å². The predicted octanol–water partition coefficient (Wildman–Crippen LogP) is 1.63. The number of rotatable bonds is 5. The van der Waals surface area contributed by atoms with Crippen LogP contribution in [0, 0.1) is 0 Å². The van der Waals surface area contributed by atoms with E-state index >= 15 is 0 Å². The molecular formula is C19H21NO7S. The average Bonchev–Trinajstić information content (AvgIpc) is 2.96. The Kier molecular flexibility index (Phi) is 5.29. The maximum Gasteiger partial charge on any atom is 0.240 e. The highest BCUT2D eigenvalue weighted by Gasteiger charge is 2.21. The molecule has 2 N–H and O–H groups in total. The van der Waals surface area contributed by atoms with Crippen molar-refractivity contribution < 1.29 is 32.5 Å². The van der Waals surface area contributed by atoms with Gasteiger partial charge in [-0.15, -0.1) is 0 Å². The van der Waals surface area contributed by atoms with E-state index in [1.54, 1.807) is 24.3 Å². The Bertz CT molecular complexity index is 961. The minimum atomic E-state index is -3.83. The van der Waals surface area contributed by atoms with Crippen LogP contribution in [0.2, 0.25) is 0 Å². The summed E-state index contributed by atoms with van der Waals surface area (Å²) in [6, 6.07) is 9.49. The number of aliphatic hydroxyl groups is 1. The Morgan fingerprint density at radius 3 is 2.25 bits per heavy atom. The first-order valence-electron chi connectivity index (χ1n) is 9.00. The second kappa shape index (κ2) is 7.86. The van der Waals surface area contributed by atoms with Gasteiger partial charge in [-0.1, -0.05) is 6.07 Å². The SMILES string of the molecule is O=S(=O)(NCC(O)c1ccc2c(c1)OCCO2)c1ccc2c(c1)OCCCO2. The molecule has 28 heavy (non-hydrogen) atoms. The summed E-state index contributed by atoms with van der Waals surface area (Å²) in [5.41, 5.74) is 0.533. The second-order valence-corrected chi connectivity index (χ2v) is 8.20. The number of sulfonamides is 1. The van der Waals surface area contributed by atoms with E-state index in [0.29, 0.717) is 55.0 Å². The molecule has 2 heterocycles. The molecule has 2 aliphatic heterocycles. The highest BCUT2D eigenvalue weighted by atomic mass is 32.2. The first-order valence-corrected chi connectivity index (χ1v) is 10.5. The molecule has 0 saturated heterocycles. The number of fused-ring (bicyclic) bond motifs is 2. The Hall–Kier alpha value is -2.49. The molecule has 0 fully saturated rings. The zero-order valence-electron chi connectivity index (χ0n) is 15.1. The highest BCUT2D eigenvalue weighted by Crippen LogP contribution is 2.33. The fourth-order valence-corrected chi connectivity index (χ4v) is 4.02. The van der Waals surface area contributed by atoms with E-state index in [-0.39, 0.29) is 11.4 Å². The maximum absolute atomic E-state index is 12.6. The van der Waals surface area contributed by atoms with Crippen molar-refractivity contribution in [3.05, 3.63) is 42.0 Å². The maximum atomic E-state index is 12.6. The van der Waals surface area contributed by atoms with Crippen LogP contribution in [0.1, 0.15) is 18.1 Å². The van der Waals surface area contributed by atoms with E-state index in [4.69, 9.17) is 18.9 Å². The molecule has 2 aliphatic rings. The van der Waals surface area contributed by atoms with E-state index in [2.05, 4.69) is 4.72 Å². The van der Waals surface area contributed by atoms with Crippen molar-refractivity contribution >= 4 is 10.0 Å².